The van der Waals surface area contributed by atoms with Crippen molar-refractivity contribution in [3.05, 3.63) is 24.3 Å². The summed E-state index contributed by atoms with van der Waals surface area (Å²) in [6.45, 7) is 8.77. The van der Waals surface area contributed by atoms with Crippen LogP contribution in [0.1, 0.15) is 27.2 Å². The van der Waals surface area contributed by atoms with E-state index in [4.69, 9.17) is 4.74 Å². The van der Waals surface area contributed by atoms with E-state index < -0.39 is 0 Å². The van der Waals surface area contributed by atoms with Crippen molar-refractivity contribution in [2.75, 3.05) is 32.1 Å². The van der Waals surface area contributed by atoms with E-state index in [2.05, 4.69) is 50.2 Å². The van der Waals surface area contributed by atoms with E-state index in [1.54, 1.807) is 7.11 Å². The van der Waals surface area contributed by atoms with E-state index >= 15 is 0 Å². The van der Waals surface area contributed by atoms with Crippen molar-refractivity contribution in [1.29, 1.82) is 0 Å². The van der Waals surface area contributed by atoms with Gasteiger partial charge in [-0.1, -0.05) is 32.9 Å². The number of hydrogen-bond acceptors (Lipinski definition) is 3. The third-order valence-electron chi connectivity index (χ3n) is 3.42. The molecule has 0 bridgehead atoms. The van der Waals surface area contributed by atoms with E-state index in [9.17, 15) is 0 Å². The van der Waals surface area contributed by atoms with Crippen LogP contribution in [-0.4, -0.2) is 33.3 Å². The highest BCUT2D eigenvalue weighted by molar-refractivity contribution is 5.58. The summed E-state index contributed by atoms with van der Waals surface area (Å²) in [5, 5.41) is 3.54. The molecule has 1 aromatic rings. The fourth-order valence-corrected chi connectivity index (χ4v) is 2.21. The van der Waals surface area contributed by atoms with Crippen molar-refractivity contribution < 1.29 is 4.74 Å². The molecule has 0 amide bonds. The Labute approximate surface area is 118 Å². The number of benzene rings is 1. The molecule has 108 valence electrons. The van der Waals surface area contributed by atoms with Gasteiger partial charge >= 0.3 is 0 Å². The lowest BCUT2D eigenvalue weighted by Crippen LogP contribution is -2.40. The van der Waals surface area contributed by atoms with Gasteiger partial charge < -0.3 is 15.0 Å². The second-order valence-electron chi connectivity index (χ2n) is 5.40. The average Bonchev–Trinajstić information content (AvgIpc) is 2.42. The maximum absolute atomic E-state index is 5.44. The summed E-state index contributed by atoms with van der Waals surface area (Å²) in [6, 6.07) is 8.68. The summed E-state index contributed by atoms with van der Waals surface area (Å²) in [7, 11) is 3.87. The summed E-state index contributed by atoms with van der Waals surface area (Å²) < 4.78 is 5.44. The molecule has 0 fully saturated rings. The number of nitrogens with one attached hydrogen (secondary N) is 1. The van der Waals surface area contributed by atoms with Crippen molar-refractivity contribution in [1.82, 2.24) is 5.32 Å². The molecule has 0 aliphatic carbocycles. The minimum absolute atomic E-state index is 0.482. The smallest absolute Gasteiger partial charge is 0.142 e. The quantitative estimate of drug-likeness (QED) is 0.780. The van der Waals surface area contributed by atoms with Crippen LogP contribution in [0.15, 0.2) is 24.3 Å². The molecule has 19 heavy (non-hydrogen) atoms. The number of rotatable bonds is 8. The van der Waals surface area contributed by atoms with Crippen LogP contribution in [0.4, 0.5) is 5.69 Å². The average molecular weight is 264 g/mol. The molecule has 3 heteroatoms. The van der Waals surface area contributed by atoms with Crippen molar-refractivity contribution in [2.24, 2.45) is 5.92 Å². The molecule has 1 atom stereocenters. The summed E-state index contributed by atoms with van der Waals surface area (Å²) in [5.74, 6) is 1.63. The van der Waals surface area contributed by atoms with Crippen LogP contribution >= 0.6 is 0 Å². The molecule has 0 aliphatic heterocycles. The molecular formula is C16H28N2O. The number of hydrogen-bond donors (Lipinski definition) is 1. The summed E-state index contributed by atoms with van der Waals surface area (Å²) in [4.78, 5) is 2.31. The van der Waals surface area contributed by atoms with E-state index in [0.29, 0.717) is 12.0 Å². The van der Waals surface area contributed by atoms with Crippen LogP contribution in [0.25, 0.3) is 0 Å². The van der Waals surface area contributed by atoms with Crippen molar-refractivity contribution in [2.45, 2.75) is 33.2 Å². The standard InChI is InChI=1S/C16H28N2O/c1-6-14(12-17-11-13(2)3)18(4)15-9-7-8-10-16(15)19-5/h7-10,13-14,17H,6,11-12H2,1-5H3. The van der Waals surface area contributed by atoms with E-state index in [1.165, 1.54) is 0 Å². The van der Waals surface area contributed by atoms with E-state index in [1.807, 2.05) is 12.1 Å². The molecule has 1 N–H and O–H groups in total. The van der Waals surface area contributed by atoms with E-state index in [-0.39, 0.29) is 0 Å². The third-order valence-corrected chi connectivity index (χ3v) is 3.42. The van der Waals surface area contributed by atoms with Gasteiger partial charge in [-0.15, -0.1) is 0 Å². The Balaban J connectivity index is 2.69. The second-order valence-corrected chi connectivity index (χ2v) is 5.40. The van der Waals surface area contributed by atoms with Crippen LogP contribution in [0.5, 0.6) is 5.75 Å². The zero-order chi connectivity index (χ0) is 14.3. The van der Waals surface area contributed by atoms with Gasteiger partial charge in [-0.05, 0) is 31.0 Å². The summed E-state index contributed by atoms with van der Waals surface area (Å²) in [6.07, 6.45) is 1.11. The summed E-state index contributed by atoms with van der Waals surface area (Å²) in [5.41, 5.74) is 1.16. The van der Waals surface area contributed by atoms with Crippen molar-refractivity contribution >= 4 is 5.69 Å². The predicted molar refractivity (Wildman–Crippen MR) is 83.2 cm³/mol. The minimum atomic E-state index is 0.482. The highest BCUT2D eigenvalue weighted by Crippen LogP contribution is 2.28. The lowest BCUT2D eigenvalue weighted by atomic mass is 10.1. The third kappa shape index (κ3) is 4.75. The molecule has 0 heterocycles. The van der Waals surface area contributed by atoms with Gasteiger partial charge in [-0.3, -0.25) is 0 Å². The Morgan fingerprint density at radius 1 is 1.21 bits per heavy atom. The van der Waals surface area contributed by atoms with Crippen LogP contribution < -0.4 is 15.0 Å². The first kappa shape index (κ1) is 15.8. The maximum atomic E-state index is 5.44. The summed E-state index contributed by atoms with van der Waals surface area (Å²) >= 11 is 0. The Hall–Kier alpha value is -1.22. The van der Waals surface area contributed by atoms with Crippen LogP contribution in [0, 0.1) is 5.92 Å². The Kier molecular flexibility index (Phi) is 6.71. The molecule has 0 saturated heterocycles. The Bertz CT molecular complexity index is 366. The number of para-hydroxylation sites is 2. The fraction of sp³-hybridized carbons (Fsp3) is 0.625. The first-order valence-corrected chi connectivity index (χ1v) is 7.16. The van der Waals surface area contributed by atoms with Gasteiger partial charge in [0.05, 0.1) is 12.8 Å². The van der Waals surface area contributed by atoms with Gasteiger partial charge in [-0.2, -0.15) is 0 Å². The minimum Gasteiger partial charge on any atom is -0.495 e. The molecule has 1 unspecified atom stereocenters. The molecule has 3 nitrogen and oxygen atoms in total. The van der Waals surface area contributed by atoms with Crippen LogP contribution in [0.2, 0.25) is 0 Å². The van der Waals surface area contributed by atoms with Gasteiger partial charge in [0.2, 0.25) is 0 Å². The monoisotopic (exact) mass is 264 g/mol. The Morgan fingerprint density at radius 3 is 2.47 bits per heavy atom. The molecule has 0 aromatic heterocycles. The normalized spacial score (nSPS) is 12.5. The molecule has 1 aromatic carbocycles. The number of ether oxygens (including phenoxy) is 1. The highest BCUT2D eigenvalue weighted by Gasteiger charge is 2.16. The largest absolute Gasteiger partial charge is 0.495 e. The van der Waals surface area contributed by atoms with Gasteiger partial charge in [-0.25, -0.2) is 0 Å². The first-order chi connectivity index (χ1) is 9.10. The number of anilines is 1. The molecule has 0 radical (unpaired) electrons. The number of likely N-dealkylation sites (N-methyl/N-ethyl adjacent to an activating group) is 1. The van der Waals surface area contributed by atoms with Gasteiger partial charge in [0, 0.05) is 19.6 Å². The SMILES string of the molecule is CCC(CNCC(C)C)N(C)c1ccccc1OC. The van der Waals surface area contributed by atoms with Gasteiger partial charge in [0.1, 0.15) is 5.75 Å². The fourth-order valence-electron chi connectivity index (χ4n) is 2.21. The van der Waals surface area contributed by atoms with Crippen LogP contribution in [0.3, 0.4) is 0 Å². The first-order valence-electron chi connectivity index (χ1n) is 7.16. The maximum Gasteiger partial charge on any atom is 0.142 e. The van der Waals surface area contributed by atoms with Crippen molar-refractivity contribution in [3.63, 3.8) is 0 Å². The lowest BCUT2D eigenvalue weighted by molar-refractivity contribution is 0.412. The molecule has 0 aliphatic rings. The topological polar surface area (TPSA) is 24.5 Å². The van der Waals surface area contributed by atoms with Gasteiger partial charge in [0.25, 0.3) is 0 Å². The highest BCUT2D eigenvalue weighted by atomic mass is 16.5. The predicted octanol–water partition coefficient (Wildman–Crippen LogP) is 3.16. The number of methoxy groups -OCH3 is 1. The zero-order valence-corrected chi connectivity index (χ0v) is 12.9. The van der Waals surface area contributed by atoms with Gasteiger partial charge in [0.15, 0.2) is 0 Å². The zero-order valence-electron chi connectivity index (χ0n) is 12.9. The van der Waals surface area contributed by atoms with Crippen molar-refractivity contribution in [3.8, 4) is 5.75 Å². The molecule has 1 rings (SSSR count). The lowest BCUT2D eigenvalue weighted by Gasteiger charge is -2.31. The Morgan fingerprint density at radius 2 is 1.89 bits per heavy atom. The van der Waals surface area contributed by atoms with Crippen LogP contribution in [-0.2, 0) is 0 Å². The molecular weight excluding hydrogens is 236 g/mol. The molecule has 0 saturated carbocycles. The second kappa shape index (κ2) is 8.05. The van der Waals surface area contributed by atoms with E-state index in [0.717, 1.165) is 30.9 Å². The number of nitrogens with zero attached hydrogens (tertiary/aromatic N) is 1. The molecule has 0 spiro atoms.